The van der Waals surface area contributed by atoms with Crippen molar-refractivity contribution in [1.82, 2.24) is 4.90 Å². The van der Waals surface area contributed by atoms with Crippen molar-refractivity contribution in [2.45, 2.75) is 18.9 Å². The lowest BCUT2D eigenvalue weighted by atomic mass is 10.0. The van der Waals surface area contributed by atoms with Crippen LogP contribution in [-0.4, -0.2) is 47.8 Å². The molecule has 1 N–H and O–H groups in total. The number of imide groups is 1. The van der Waals surface area contributed by atoms with Gasteiger partial charge in [0, 0.05) is 17.7 Å². The van der Waals surface area contributed by atoms with Gasteiger partial charge >= 0.3 is 0 Å². The van der Waals surface area contributed by atoms with Crippen LogP contribution in [0.1, 0.15) is 54.3 Å². The smallest absolute Gasteiger partial charge is 0.261 e. The minimum absolute atomic E-state index is 0.0837. The molecule has 0 radical (unpaired) electrons. The van der Waals surface area contributed by atoms with Gasteiger partial charge in [0.1, 0.15) is 0 Å². The van der Waals surface area contributed by atoms with Gasteiger partial charge in [0.25, 0.3) is 17.7 Å². The van der Waals surface area contributed by atoms with Gasteiger partial charge in [-0.1, -0.05) is 18.2 Å². The standard InChI is InChI=1S/C21H18N2O6/c24-18(22-17-6-2-1-5-15(17)21(27)28)12-7-8-14-16(10-12)20(26)23(19(14)25)11-13-4-3-9-29-13/h1-2,5-8,10,13H,3-4,9,11H2,(H,22,24)(H,27,28)/p-1/t13-/m0/s1. The van der Waals surface area contributed by atoms with Gasteiger partial charge in [-0.15, -0.1) is 0 Å². The van der Waals surface area contributed by atoms with Crippen LogP contribution in [0.4, 0.5) is 5.69 Å². The number of fused-ring (bicyclic) bond motifs is 1. The molecule has 0 bridgehead atoms. The average Bonchev–Trinajstić information content (AvgIpc) is 3.31. The van der Waals surface area contributed by atoms with E-state index in [1.54, 1.807) is 6.07 Å². The van der Waals surface area contributed by atoms with Crippen LogP contribution >= 0.6 is 0 Å². The average molecular weight is 393 g/mol. The van der Waals surface area contributed by atoms with Crippen LogP contribution < -0.4 is 10.4 Å². The number of carboxylic acids is 1. The van der Waals surface area contributed by atoms with E-state index in [0.717, 1.165) is 17.7 Å². The molecule has 29 heavy (non-hydrogen) atoms. The zero-order valence-electron chi connectivity index (χ0n) is 15.3. The molecule has 0 spiro atoms. The highest BCUT2D eigenvalue weighted by Crippen LogP contribution is 2.26. The number of amides is 3. The Hall–Kier alpha value is -3.52. The van der Waals surface area contributed by atoms with E-state index in [1.165, 1.54) is 36.4 Å². The number of aromatic carboxylic acids is 1. The Morgan fingerprint density at radius 3 is 2.59 bits per heavy atom. The van der Waals surface area contributed by atoms with E-state index in [1.807, 2.05) is 0 Å². The van der Waals surface area contributed by atoms with Crippen LogP contribution in [0.5, 0.6) is 0 Å². The summed E-state index contributed by atoms with van der Waals surface area (Å²) in [4.78, 5) is 50.2. The molecule has 3 amide bonds. The molecular weight excluding hydrogens is 376 g/mol. The topological polar surface area (TPSA) is 116 Å². The van der Waals surface area contributed by atoms with Gasteiger partial charge in [-0.2, -0.15) is 0 Å². The van der Waals surface area contributed by atoms with E-state index >= 15 is 0 Å². The highest BCUT2D eigenvalue weighted by molar-refractivity contribution is 6.22. The van der Waals surface area contributed by atoms with E-state index in [2.05, 4.69) is 5.32 Å². The van der Waals surface area contributed by atoms with Gasteiger partial charge in [-0.3, -0.25) is 19.3 Å². The molecule has 2 aliphatic rings. The highest BCUT2D eigenvalue weighted by atomic mass is 16.5. The first-order chi connectivity index (χ1) is 14.0. The van der Waals surface area contributed by atoms with Crippen molar-refractivity contribution < 1.29 is 29.0 Å². The number of nitrogens with zero attached hydrogens (tertiary/aromatic N) is 1. The molecule has 1 atom stereocenters. The number of ether oxygens (including phenoxy) is 1. The summed E-state index contributed by atoms with van der Waals surface area (Å²) in [5.74, 6) is -2.89. The Balaban J connectivity index is 1.56. The molecule has 1 saturated heterocycles. The lowest BCUT2D eigenvalue weighted by molar-refractivity contribution is -0.254. The number of hydrogen-bond acceptors (Lipinski definition) is 6. The third-order valence-electron chi connectivity index (χ3n) is 5.04. The molecule has 4 rings (SSSR count). The third kappa shape index (κ3) is 3.50. The molecule has 148 valence electrons. The first-order valence-corrected chi connectivity index (χ1v) is 9.19. The highest BCUT2D eigenvalue weighted by Gasteiger charge is 2.37. The molecular formula is C21H17N2O6-. The molecule has 2 heterocycles. The maximum atomic E-state index is 12.7. The fourth-order valence-electron chi connectivity index (χ4n) is 3.55. The Kier molecular flexibility index (Phi) is 4.85. The van der Waals surface area contributed by atoms with Gasteiger partial charge in [0.2, 0.25) is 0 Å². The van der Waals surface area contributed by atoms with Crippen molar-refractivity contribution >= 4 is 29.4 Å². The van der Waals surface area contributed by atoms with E-state index in [4.69, 9.17) is 4.74 Å². The normalized spacial score (nSPS) is 18.1. The Morgan fingerprint density at radius 2 is 1.86 bits per heavy atom. The van der Waals surface area contributed by atoms with Crippen LogP contribution in [0, 0.1) is 0 Å². The quantitative estimate of drug-likeness (QED) is 0.760. The minimum atomic E-state index is -1.42. The zero-order valence-corrected chi connectivity index (χ0v) is 15.3. The van der Waals surface area contributed by atoms with E-state index in [9.17, 15) is 24.3 Å². The predicted octanol–water partition coefficient (Wildman–Crippen LogP) is 1.08. The number of nitrogens with one attached hydrogen (secondary N) is 1. The van der Waals surface area contributed by atoms with Gasteiger partial charge < -0.3 is 20.0 Å². The SMILES string of the molecule is O=C(Nc1ccccc1C(=O)[O-])c1ccc2c(c1)C(=O)N(C[C@@H]1CCCO1)C2=O. The summed E-state index contributed by atoms with van der Waals surface area (Å²) in [6, 6.07) is 10.1. The van der Waals surface area contributed by atoms with Gasteiger partial charge in [-0.25, -0.2) is 0 Å². The number of carboxylic acid groups (broad SMARTS) is 1. The van der Waals surface area contributed by atoms with Crippen LogP contribution in [0.15, 0.2) is 42.5 Å². The van der Waals surface area contributed by atoms with Crippen molar-refractivity contribution in [3.63, 3.8) is 0 Å². The molecule has 8 heteroatoms. The van der Waals surface area contributed by atoms with Crippen LogP contribution in [0.2, 0.25) is 0 Å². The molecule has 8 nitrogen and oxygen atoms in total. The Bertz CT molecular complexity index is 1030. The first-order valence-electron chi connectivity index (χ1n) is 9.19. The summed E-state index contributed by atoms with van der Waals surface area (Å²) in [7, 11) is 0. The third-order valence-corrected chi connectivity index (χ3v) is 5.04. The summed E-state index contributed by atoms with van der Waals surface area (Å²) in [6.45, 7) is 0.804. The Labute approximate surface area is 166 Å². The second-order valence-electron chi connectivity index (χ2n) is 6.90. The molecule has 2 aliphatic heterocycles. The van der Waals surface area contributed by atoms with Crippen LogP contribution in [0.3, 0.4) is 0 Å². The Morgan fingerprint density at radius 1 is 1.10 bits per heavy atom. The van der Waals surface area contributed by atoms with E-state index in [-0.39, 0.29) is 40.6 Å². The number of anilines is 1. The number of rotatable bonds is 5. The molecule has 2 aromatic rings. The van der Waals surface area contributed by atoms with Crippen molar-refractivity contribution in [3.05, 3.63) is 64.7 Å². The van der Waals surface area contributed by atoms with Crippen molar-refractivity contribution in [3.8, 4) is 0 Å². The van der Waals surface area contributed by atoms with Crippen LogP contribution in [-0.2, 0) is 4.74 Å². The molecule has 0 saturated carbocycles. The number of carbonyl (C=O) groups excluding carboxylic acids is 4. The molecule has 0 aliphatic carbocycles. The van der Waals surface area contributed by atoms with Crippen molar-refractivity contribution in [2.24, 2.45) is 0 Å². The monoisotopic (exact) mass is 393 g/mol. The lowest BCUT2D eigenvalue weighted by Crippen LogP contribution is -2.36. The maximum Gasteiger partial charge on any atom is 0.261 e. The fourth-order valence-corrected chi connectivity index (χ4v) is 3.55. The van der Waals surface area contributed by atoms with Gasteiger partial charge in [0.05, 0.1) is 35.4 Å². The predicted molar refractivity (Wildman–Crippen MR) is 99.5 cm³/mol. The van der Waals surface area contributed by atoms with E-state index < -0.39 is 23.7 Å². The second kappa shape index (κ2) is 7.48. The second-order valence-corrected chi connectivity index (χ2v) is 6.90. The van der Waals surface area contributed by atoms with Gasteiger partial charge in [-0.05, 0) is 37.1 Å². The number of benzene rings is 2. The van der Waals surface area contributed by atoms with E-state index in [0.29, 0.717) is 6.61 Å². The number of para-hydroxylation sites is 1. The lowest BCUT2D eigenvalue weighted by Gasteiger charge is -2.17. The molecule has 0 unspecified atom stereocenters. The largest absolute Gasteiger partial charge is 0.545 e. The summed E-state index contributed by atoms with van der Waals surface area (Å²) >= 11 is 0. The van der Waals surface area contributed by atoms with Gasteiger partial charge in [0.15, 0.2) is 0 Å². The van der Waals surface area contributed by atoms with Crippen molar-refractivity contribution in [1.29, 1.82) is 0 Å². The zero-order chi connectivity index (χ0) is 20.5. The van der Waals surface area contributed by atoms with Crippen molar-refractivity contribution in [2.75, 3.05) is 18.5 Å². The number of hydrogen-bond donors (Lipinski definition) is 1. The number of carbonyl (C=O) groups is 4. The molecule has 0 aromatic heterocycles. The summed E-state index contributed by atoms with van der Waals surface area (Å²) in [5.41, 5.74) is 0.446. The maximum absolute atomic E-state index is 12.7. The summed E-state index contributed by atoms with van der Waals surface area (Å²) < 4.78 is 5.51. The summed E-state index contributed by atoms with van der Waals surface area (Å²) in [6.07, 6.45) is 1.52. The molecule has 2 aromatic carbocycles. The minimum Gasteiger partial charge on any atom is -0.545 e. The molecule has 1 fully saturated rings. The fraction of sp³-hybridized carbons (Fsp3) is 0.238. The van der Waals surface area contributed by atoms with Crippen LogP contribution in [0.25, 0.3) is 0 Å². The first kappa shape index (κ1) is 18.8. The summed E-state index contributed by atoms with van der Waals surface area (Å²) in [5, 5.41) is 13.7.